The van der Waals surface area contributed by atoms with Crippen LogP contribution in [0.15, 0.2) is 47.1 Å². The van der Waals surface area contributed by atoms with E-state index in [4.69, 9.17) is 13.9 Å². The first-order chi connectivity index (χ1) is 21.2. The van der Waals surface area contributed by atoms with Crippen LogP contribution in [-0.4, -0.2) is 89.6 Å². The minimum atomic E-state index is -3.98. The number of amides is 1. The number of hydrogen-bond acceptors (Lipinski definition) is 11. The Morgan fingerprint density at radius 3 is 2.34 bits per heavy atom. The number of ether oxygens (including phenoxy) is 2. The van der Waals surface area contributed by atoms with Crippen LogP contribution in [0.4, 0.5) is 10.3 Å². The summed E-state index contributed by atoms with van der Waals surface area (Å²) in [6.07, 6.45) is 3.07. The lowest BCUT2D eigenvalue weighted by molar-refractivity contribution is -0.139. The summed E-state index contributed by atoms with van der Waals surface area (Å²) < 4.78 is 60.7. The zero-order valence-electron chi connectivity index (χ0n) is 24.5. The highest BCUT2D eigenvalue weighted by Crippen LogP contribution is 2.38. The van der Waals surface area contributed by atoms with Crippen molar-refractivity contribution >= 4 is 21.7 Å². The topological polar surface area (TPSA) is 146 Å². The first-order valence-electron chi connectivity index (χ1n) is 14.1. The molecule has 13 nitrogen and oxygen atoms in total. The molecule has 44 heavy (non-hydrogen) atoms. The number of likely N-dealkylation sites (tertiary alicyclic amines) is 1. The molecule has 0 spiro atoms. The zero-order chi connectivity index (χ0) is 31.0. The molecule has 0 saturated carbocycles. The summed E-state index contributed by atoms with van der Waals surface area (Å²) in [5.41, 5.74) is 0.410. The van der Waals surface area contributed by atoms with Gasteiger partial charge in [-0.15, -0.1) is 10.2 Å². The van der Waals surface area contributed by atoms with Crippen LogP contribution >= 0.6 is 0 Å². The van der Waals surface area contributed by atoms with Gasteiger partial charge in [-0.1, -0.05) is 6.07 Å². The number of benzene rings is 1. The highest BCUT2D eigenvalue weighted by molar-refractivity contribution is 7.91. The van der Waals surface area contributed by atoms with Crippen LogP contribution in [-0.2, 0) is 20.4 Å². The van der Waals surface area contributed by atoms with Crippen molar-refractivity contribution in [1.82, 2.24) is 29.6 Å². The number of piperidine rings is 1. The van der Waals surface area contributed by atoms with E-state index in [9.17, 15) is 17.6 Å². The van der Waals surface area contributed by atoms with Gasteiger partial charge in [-0.3, -0.25) is 9.36 Å². The number of furan rings is 1. The number of para-hydroxylation sites is 1. The highest BCUT2D eigenvalue weighted by atomic mass is 32.2. The molecular formula is C29H32FN7O6S. The second kappa shape index (κ2) is 11.9. The molecule has 6 rings (SSSR count). The molecule has 2 aliphatic heterocycles. The molecule has 232 valence electrons. The van der Waals surface area contributed by atoms with Gasteiger partial charge in [-0.25, -0.2) is 22.8 Å². The number of aromatic nitrogens is 5. The molecule has 1 aromatic carbocycles. The standard InChI is InChI=1S/C29H32FN7O6S/c1-18-8-9-24(43-18)27-34-33-25(37(27)26-22(41-2)6-4-7-23(26)42-3)17-44(39,40)21-12-19(28(38)35-10-5-11-35)15-36(16-21)29-31-13-20(30)14-32-29/h4,6-9,13-14,19,21H,5,10-12,15-17H2,1-3H3/t19-,21+/m0/s1. The minimum Gasteiger partial charge on any atom is -0.494 e. The molecule has 15 heteroatoms. The number of methoxy groups -OCH3 is 2. The number of anilines is 1. The summed E-state index contributed by atoms with van der Waals surface area (Å²) in [7, 11) is -0.979. The van der Waals surface area contributed by atoms with Crippen LogP contribution in [0.3, 0.4) is 0 Å². The van der Waals surface area contributed by atoms with Gasteiger partial charge in [0.1, 0.15) is 28.7 Å². The van der Waals surface area contributed by atoms with Crippen LogP contribution in [0.1, 0.15) is 24.4 Å². The fourth-order valence-corrected chi connectivity index (χ4v) is 7.34. The van der Waals surface area contributed by atoms with Crippen molar-refractivity contribution in [2.45, 2.75) is 30.8 Å². The summed E-state index contributed by atoms with van der Waals surface area (Å²) >= 11 is 0. The summed E-state index contributed by atoms with van der Waals surface area (Å²) in [6.45, 7) is 3.31. The second-order valence-electron chi connectivity index (χ2n) is 10.8. The number of carbonyl (C=O) groups is 1. The Bertz CT molecular complexity index is 1750. The number of sulfone groups is 1. The number of hydrogen-bond donors (Lipinski definition) is 0. The molecule has 0 bridgehead atoms. The van der Waals surface area contributed by atoms with Gasteiger partial charge in [-0.05, 0) is 44.0 Å². The van der Waals surface area contributed by atoms with Gasteiger partial charge in [0.25, 0.3) is 0 Å². The van der Waals surface area contributed by atoms with Gasteiger partial charge < -0.3 is 23.7 Å². The van der Waals surface area contributed by atoms with Crippen molar-refractivity contribution in [1.29, 1.82) is 0 Å². The molecule has 0 N–H and O–H groups in total. The lowest BCUT2D eigenvalue weighted by atomic mass is 9.95. The molecule has 2 saturated heterocycles. The average molecular weight is 626 g/mol. The number of aryl methyl sites for hydroxylation is 1. The Morgan fingerprint density at radius 1 is 1.05 bits per heavy atom. The third-order valence-corrected chi connectivity index (χ3v) is 9.99. The van der Waals surface area contributed by atoms with Crippen LogP contribution in [0.5, 0.6) is 11.5 Å². The van der Waals surface area contributed by atoms with Gasteiger partial charge in [0.05, 0.1) is 37.8 Å². The van der Waals surface area contributed by atoms with E-state index in [1.807, 2.05) is 0 Å². The average Bonchev–Trinajstić information content (AvgIpc) is 3.61. The smallest absolute Gasteiger partial charge is 0.227 e. The second-order valence-corrected chi connectivity index (χ2v) is 13.1. The fraction of sp³-hybridized carbons (Fsp3) is 0.414. The van der Waals surface area contributed by atoms with Gasteiger partial charge in [-0.2, -0.15) is 0 Å². The molecule has 5 heterocycles. The van der Waals surface area contributed by atoms with Gasteiger partial charge in [0, 0.05) is 26.2 Å². The lowest BCUT2D eigenvalue weighted by Gasteiger charge is -2.40. The number of carbonyl (C=O) groups excluding carboxylic acids is 1. The first-order valence-corrected chi connectivity index (χ1v) is 15.9. The SMILES string of the molecule is COc1cccc(OC)c1-n1c(CS(=O)(=O)[C@@H]2C[C@H](C(=O)N3CCC3)CN(c3ncc(F)cn3)C2)nnc1-c1ccc(C)o1. The molecule has 0 aliphatic carbocycles. The van der Waals surface area contributed by atoms with E-state index in [1.165, 1.54) is 14.2 Å². The maximum Gasteiger partial charge on any atom is 0.227 e. The van der Waals surface area contributed by atoms with E-state index in [2.05, 4.69) is 20.2 Å². The highest BCUT2D eigenvalue weighted by Gasteiger charge is 2.42. The van der Waals surface area contributed by atoms with Crippen molar-refractivity contribution < 1.29 is 31.5 Å². The summed E-state index contributed by atoms with van der Waals surface area (Å²) in [6, 6.07) is 8.70. The molecule has 2 aliphatic rings. The molecular weight excluding hydrogens is 593 g/mol. The third kappa shape index (κ3) is 5.58. The largest absolute Gasteiger partial charge is 0.494 e. The lowest BCUT2D eigenvalue weighted by Crippen LogP contribution is -2.54. The monoisotopic (exact) mass is 625 g/mol. The van der Waals surface area contributed by atoms with E-state index in [-0.39, 0.29) is 43.0 Å². The summed E-state index contributed by atoms with van der Waals surface area (Å²) in [5, 5.41) is 7.66. The summed E-state index contributed by atoms with van der Waals surface area (Å²) in [4.78, 5) is 24.8. The molecule has 0 radical (unpaired) electrons. The molecule has 1 amide bonds. The molecule has 2 fully saturated rings. The Kier molecular flexibility index (Phi) is 7.97. The predicted octanol–water partition coefficient (Wildman–Crippen LogP) is 2.82. The molecule has 0 unspecified atom stereocenters. The van der Waals surface area contributed by atoms with Crippen LogP contribution < -0.4 is 14.4 Å². The van der Waals surface area contributed by atoms with Gasteiger partial charge in [0.2, 0.25) is 17.7 Å². The van der Waals surface area contributed by atoms with E-state index in [0.29, 0.717) is 41.8 Å². The first kappa shape index (κ1) is 29.5. The van der Waals surface area contributed by atoms with E-state index in [1.54, 1.807) is 51.6 Å². The minimum absolute atomic E-state index is 0.0219. The van der Waals surface area contributed by atoms with Crippen LogP contribution in [0.2, 0.25) is 0 Å². The molecule has 2 atom stereocenters. The van der Waals surface area contributed by atoms with E-state index < -0.39 is 32.6 Å². The molecule has 3 aromatic heterocycles. The number of rotatable bonds is 9. The van der Waals surface area contributed by atoms with Crippen molar-refractivity contribution in [2.24, 2.45) is 5.92 Å². The number of nitrogens with zero attached hydrogens (tertiary/aromatic N) is 7. The number of halogens is 1. The maximum atomic E-state index is 14.2. The van der Waals surface area contributed by atoms with Crippen LogP contribution in [0.25, 0.3) is 17.3 Å². The fourth-order valence-electron chi connectivity index (χ4n) is 5.63. The Labute approximate surface area is 253 Å². The van der Waals surface area contributed by atoms with Crippen molar-refractivity contribution in [3.63, 3.8) is 0 Å². The Hall–Kier alpha value is -4.53. The van der Waals surface area contributed by atoms with Crippen molar-refractivity contribution in [3.05, 3.63) is 60.1 Å². The molecule has 4 aromatic rings. The van der Waals surface area contributed by atoms with Gasteiger partial charge in [0.15, 0.2) is 27.2 Å². The zero-order valence-corrected chi connectivity index (χ0v) is 25.3. The van der Waals surface area contributed by atoms with Gasteiger partial charge >= 0.3 is 0 Å². The quantitative estimate of drug-likeness (QED) is 0.271. The van der Waals surface area contributed by atoms with Crippen molar-refractivity contribution in [3.8, 4) is 28.8 Å². The Morgan fingerprint density at radius 2 is 1.75 bits per heavy atom. The normalized spacial score (nSPS) is 18.6. The summed E-state index contributed by atoms with van der Waals surface area (Å²) in [5.74, 6) is 0.528. The third-order valence-electron chi connectivity index (χ3n) is 7.97. The maximum absolute atomic E-state index is 14.2. The van der Waals surface area contributed by atoms with Crippen molar-refractivity contribution in [2.75, 3.05) is 45.3 Å². The van der Waals surface area contributed by atoms with E-state index >= 15 is 0 Å². The Balaban J connectivity index is 1.40. The van der Waals surface area contributed by atoms with E-state index in [0.717, 1.165) is 18.8 Å². The predicted molar refractivity (Wildman–Crippen MR) is 157 cm³/mol. The van der Waals surface area contributed by atoms with Crippen LogP contribution in [0, 0.1) is 18.7 Å².